The van der Waals surface area contributed by atoms with Gasteiger partial charge in [-0.2, -0.15) is 0 Å². The van der Waals surface area contributed by atoms with Gasteiger partial charge in [-0.05, 0) is 41.8 Å². The summed E-state index contributed by atoms with van der Waals surface area (Å²) < 4.78 is 46.3. The highest BCUT2D eigenvalue weighted by Crippen LogP contribution is 2.31. The second-order valence-electron chi connectivity index (χ2n) is 5.73. The minimum Gasteiger partial charge on any atom is -0.376 e. The van der Waals surface area contributed by atoms with Crippen LogP contribution in [0.3, 0.4) is 0 Å². The number of hydrogen-bond donors (Lipinski definition) is 1. The summed E-state index contributed by atoms with van der Waals surface area (Å²) in [6, 6.07) is 13.2. The fourth-order valence-electron chi connectivity index (χ4n) is 2.60. The van der Waals surface area contributed by atoms with Crippen LogP contribution in [0.5, 0.6) is 0 Å². The molecule has 2 aromatic carbocycles. The van der Waals surface area contributed by atoms with E-state index in [0.717, 1.165) is 11.1 Å². The van der Waals surface area contributed by atoms with Gasteiger partial charge in [0.05, 0.1) is 18.1 Å². The van der Waals surface area contributed by atoms with Gasteiger partial charge >= 0.3 is 0 Å². The Balaban J connectivity index is 1.83. The third-order valence-corrected chi connectivity index (χ3v) is 5.37. The highest BCUT2D eigenvalue weighted by molar-refractivity contribution is 7.89. The van der Waals surface area contributed by atoms with Crippen molar-refractivity contribution in [1.29, 1.82) is 0 Å². The van der Waals surface area contributed by atoms with E-state index in [-0.39, 0.29) is 16.6 Å². The number of rotatable bonds is 4. The smallest absolute Gasteiger partial charge is 0.261 e. The zero-order valence-electron chi connectivity index (χ0n) is 13.2. The molecule has 0 amide bonds. The zero-order chi connectivity index (χ0) is 17.2. The Morgan fingerprint density at radius 1 is 1.21 bits per heavy atom. The molecule has 1 atom stereocenters. The minimum absolute atomic E-state index is 0.154. The number of hydrogen-bond acceptors (Lipinski definition) is 3. The molecule has 0 aromatic heterocycles. The predicted octanol–water partition coefficient (Wildman–Crippen LogP) is 3.11. The van der Waals surface area contributed by atoms with Gasteiger partial charge in [0, 0.05) is 12.1 Å². The molecule has 3 rings (SSSR count). The molecule has 1 saturated heterocycles. The molecule has 1 heterocycles. The van der Waals surface area contributed by atoms with E-state index in [1.807, 2.05) is 6.07 Å². The Labute approximate surface area is 141 Å². The maximum Gasteiger partial charge on any atom is 0.261 e. The van der Waals surface area contributed by atoms with Crippen LogP contribution in [-0.4, -0.2) is 21.6 Å². The molecule has 1 aliphatic rings. The Hall–Kier alpha value is -2.18. The third kappa shape index (κ3) is 3.49. The van der Waals surface area contributed by atoms with E-state index >= 15 is 0 Å². The van der Waals surface area contributed by atoms with E-state index in [2.05, 4.69) is 4.72 Å². The van der Waals surface area contributed by atoms with Crippen LogP contribution >= 0.6 is 0 Å². The molecule has 0 saturated carbocycles. The normalized spacial score (nSPS) is 19.6. The van der Waals surface area contributed by atoms with Gasteiger partial charge in [-0.3, -0.25) is 4.72 Å². The molecule has 0 spiro atoms. The summed E-state index contributed by atoms with van der Waals surface area (Å²) >= 11 is 0. The second kappa shape index (κ2) is 6.75. The SMILES string of the molecule is Cc1ccc(C2COC/C2=C/NS(=O)(=O)c2ccccc2)cc1F. The van der Waals surface area contributed by atoms with Crippen molar-refractivity contribution in [2.24, 2.45) is 0 Å². The molecule has 126 valence electrons. The Morgan fingerprint density at radius 2 is 1.96 bits per heavy atom. The molecule has 0 bridgehead atoms. The molecule has 6 heteroatoms. The Morgan fingerprint density at radius 3 is 2.67 bits per heavy atom. The summed E-state index contributed by atoms with van der Waals surface area (Å²) in [6.45, 7) is 2.42. The zero-order valence-corrected chi connectivity index (χ0v) is 14.0. The first-order chi connectivity index (χ1) is 11.5. The first-order valence-corrected chi connectivity index (χ1v) is 9.06. The van der Waals surface area contributed by atoms with E-state index in [0.29, 0.717) is 18.8 Å². The number of halogens is 1. The van der Waals surface area contributed by atoms with Gasteiger partial charge in [-0.25, -0.2) is 12.8 Å². The minimum atomic E-state index is -3.62. The standard InChI is InChI=1S/C18H18FNO3S/c1-13-7-8-14(9-18(13)19)17-12-23-11-15(17)10-20-24(21,22)16-5-3-2-4-6-16/h2-10,17,20H,11-12H2,1H3/b15-10-. The summed E-state index contributed by atoms with van der Waals surface area (Å²) in [5, 5.41) is 0. The molecule has 2 aromatic rings. The van der Waals surface area contributed by atoms with Gasteiger partial charge in [0.25, 0.3) is 10.0 Å². The Kier molecular flexibility index (Phi) is 4.69. The van der Waals surface area contributed by atoms with Crippen molar-refractivity contribution in [1.82, 2.24) is 4.72 Å². The van der Waals surface area contributed by atoms with Crippen LogP contribution in [-0.2, 0) is 14.8 Å². The topological polar surface area (TPSA) is 55.4 Å². The molecular weight excluding hydrogens is 329 g/mol. The van der Waals surface area contributed by atoms with Crippen molar-refractivity contribution in [2.75, 3.05) is 13.2 Å². The molecule has 24 heavy (non-hydrogen) atoms. The molecule has 0 radical (unpaired) electrons. The second-order valence-corrected chi connectivity index (χ2v) is 7.44. The monoisotopic (exact) mass is 347 g/mol. The van der Waals surface area contributed by atoms with Crippen LogP contribution in [0.2, 0.25) is 0 Å². The molecule has 1 fully saturated rings. The molecule has 4 nitrogen and oxygen atoms in total. The van der Waals surface area contributed by atoms with E-state index in [1.165, 1.54) is 24.4 Å². The Bertz CT molecular complexity index is 863. The average molecular weight is 347 g/mol. The van der Waals surface area contributed by atoms with Crippen LogP contribution < -0.4 is 4.72 Å². The summed E-state index contributed by atoms with van der Waals surface area (Å²) in [5.41, 5.74) is 2.13. The first-order valence-electron chi connectivity index (χ1n) is 7.57. The van der Waals surface area contributed by atoms with Gasteiger partial charge in [0.15, 0.2) is 0 Å². The highest BCUT2D eigenvalue weighted by Gasteiger charge is 2.25. The van der Waals surface area contributed by atoms with Crippen molar-refractivity contribution in [3.63, 3.8) is 0 Å². The lowest BCUT2D eigenvalue weighted by molar-refractivity contribution is 0.198. The summed E-state index contributed by atoms with van der Waals surface area (Å²) in [7, 11) is -3.62. The van der Waals surface area contributed by atoms with Crippen molar-refractivity contribution >= 4 is 10.0 Å². The van der Waals surface area contributed by atoms with Gasteiger partial charge < -0.3 is 4.74 Å². The third-order valence-electron chi connectivity index (χ3n) is 4.05. The van der Waals surface area contributed by atoms with E-state index in [9.17, 15) is 12.8 Å². The maximum atomic E-state index is 13.8. The molecular formula is C18H18FNO3S. The van der Waals surface area contributed by atoms with Gasteiger partial charge in [-0.1, -0.05) is 30.3 Å². The largest absolute Gasteiger partial charge is 0.376 e. The molecule has 1 aliphatic heterocycles. The van der Waals surface area contributed by atoms with Crippen molar-refractivity contribution < 1.29 is 17.5 Å². The summed E-state index contributed by atoms with van der Waals surface area (Å²) in [4.78, 5) is 0.193. The van der Waals surface area contributed by atoms with Crippen LogP contribution in [0.4, 0.5) is 4.39 Å². The molecule has 0 aliphatic carbocycles. The quantitative estimate of drug-likeness (QED) is 0.925. The van der Waals surface area contributed by atoms with E-state index < -0.39 is 10.0 Å². The number of aryl methyl sites for hydroxylation is 1. The van der Waals surface area contributed by atoms with Crippen LogP contribution in [0.25, 0.3) is 0 Å². The lowest BCUT2D eigenvalue weighted by Crippen LogP contribution is -2.19. The van der Waals surface area contributed by atoms with Gasteiger partial charge in [-0.15, -0.1) is 0 Å². The van der Waals surface area contributed by atoms with Gasteiger partial charge in [0.1, 0.15) is 5.82 Å². The van der Waals surface area contributed by atoms with Gasteiger partial charge in [0.2, 0.25) is 0 Å². The van der Waals surface area contributed by atoms with Crippen molar-refractivity contribution in [3.8, 4) is 0 Å². The van der Waals surface area contributed by atoms with E-state index in [1.54, 1.807) is 31.2 Å². The van der Waals surface area contributed by atoms with Crippen molar-refractivity contribution in [2.45, 2.75) is 17.7 Å². The lowest BCUT2D eigenvalue weighted by atomic mass is 9.94. The lowest BCUT2D eigenvalue weighted by Gasteiger charge is -2.12. The summed E-state index contributed by atoms with van der Waals surface area (Å²) in [6.07, 6.45) is 1.46. The number of benzene rings is 2. The fourth-order valence-corrected chi connectivity index (χ4v) is 3.56. The predicted molar refractivity (Wildman–Crippen MR) is 89.5 cm³/mol. The highest BCUT2D eigenvalue weighted by atomic mass is 32.2. The number of ether oxygens (including phenoxy) is 1. The maximum absolute atomic E-state index is 13.8. The van der Waals surface area contributed by atoms with Crippen LogP contribution in [0.1, 0.15) is 17.0 Å². The number of nitrogens with one attached hydrogen (secondary N) is 1. The first kappa shape index (κ1) is 16.7. The van der Waals surface area contributed by atoms with Crippen LogP contribution in [0.15, 0.2) is 65.2 Å². The van der Waals surface area contributed by atoms with Crippen LogP contribution in [0, 0.1) is 12.7 Å². The molecule has 1 N–H and O–H groups in total. The van der Waals surface area contributed by atoms with Crippen molar-refractivity contribution in [3.05, 3.63) is 77.2 Å². The summed E-state index contributed by atoms with van der Waals surface area (Å²) in [5.74, 6) is -0.429. The molecule has 1 unspecified atom stereocenters. The average Bonchev–Trinajstić information content (AvgIpc) is 3.05. The fraction of sp³-hybridized carbons (Fsp3) is 0.222. The number of sulfonamides is 1. The van der Waals surface area contributed by atoms with E-state index in [4.69, 9.17) is 4.74 Å².